The van der Waals surface area contributed by atoms with Crippen LogP contribution < -0.4 is 5.73 Å². The van der Waals surface area contributed by atoms with Gasteiger partial charge in [-0.25, -0.2) is 8.51 Å². The Morgan fingerprint density at radius 2 is 2.04 bits per heavy atom. The van der Waals surface area contributed by atoms with Crippen molar-refractivity contribution in [2.24, 2.45) is 11.1 Å². The van der Waals surface area contributed by atoms with Crippen LogP contribution in [0.2, 0.25) is 5.02 Å². The number of halogens is 1. The summed E-state index contributed by atoms with van der Waals surface area (Å²) in [5.74, 6) is 3.72. The fourth-order valence-corrected chi connectivity index (χ4v) is 5.38. The molecule has 0 radical (unpaired) electrons. The van der Waals surface area contributed by atoms with Crippen LogP contribution in [-0.4, -0.2) is 46.6 Å². The van der Waals surface area contributed by atoms with Crippen LogP contribution in [0, 0.1) is 5.41 Å². The molecule has 1 saturated heterocycles. The summed E-state index contributed by atoms with van der Waals surface area (Å²) in [4.78, 5) is 12.9. The first-order valence-electron chi connectivity index (χ1n) is 8.11. The van der Waals surface area contributed by atoms with Crippen molar-refractivity contribution in [3.63, 3.8) is 0 Å². The Morgan fingerprint density at radius 1 is 1.42 bits per heavy atom. The Hall–Kier alpha value is -1.08. The number of carbonyl (C=O) groups excluding carboxylic acids is 1. The van der Waals surface area contributed by atoms with Crippen LogP contribution in [0.5, 0.6) is 0 Å². The van der Waals surface area contributed by atoms with Gasteiger partial charge in [0.2, 0.25) is 0 Å². The minimum Gasteiger partial charge on any atom is -0.466 e. The van der Waals surface area contributed by atoms with Crippen LogP contribution >= 0.6 is 11.6 Å². The van der Waals surface area contributed by atoms with E-state index in [4.69, 9.17) is 22.1 Å². The zero-order chi connectivity index (χ0) is 17.8. The van der Waals surface area contributed by atoms with Gasteiger partial charge < -0.3 is 10.5 Å². The van der Waals surface area contributed by atoms with Crippen molar-refractivity contribution < 1.29 is 13.7 Å². The number of hydrogen-bond donors (Lipinski definition) is 1. The van der Waals surface area contributed by atoms with E-state index in [9.17, 15) is 9.00 Å². The Balaban J connectivity index is 2.19. The summed E-state index contributed by atoms with van der Waals surface area (Å²) in [6, 6.07) is 7.05. The van der Waals surface area contributed by atoms with Crippen LogP contribution in [0.3, 0.4) is 0 Å². The lowest BCUT2D eigenvalue weighted by Crippen LogP contribution is -2.47. The molecular weight excluding hydrogens is 348 g/mol. The molecule has 0 spiro atoms. The molecule has 1 fully saturated rings. The van der Waals surface area contributed by atoms with Crippen LogP contribution in [0.1, 0.15) is 26.2 Å². The molecule has 1 unspecified atom stereocenters. The summed E-state index contributed by atoms with van der Waals surface area (Å²) < 4.78 is 20.3. The van der Waals surface area contributed by atoms with Crippen molar-refractivity contribution in [3.05, 3.63) is 29.3 Å². The summed E-state index contributed by atoms with van der Waals surface area (Å²) in [6.07, 6.45) is 1.68. The number of piperidine rings is 1. The molecule has 134 valence electrons. The van der Waals surface area contributed by atoms with Gasteiger partial charge in [0.1, 0.15) is 0 Å². The molecule has 1 aromatic rings. The molecule has 1 aliphatic heterocycles. The van der Waals surface area contributed by atoms with Gasteiger partial charge in [0.15, 0.2) is 0 Å². The van der Waals surface area contributed by atoms with Gasteiger partial charge >= 0.3 is 5.97 Å². The predicted molar refractivity (Wildman–Crippen MR) is 98.5 cm³/mol. The molecule has 2 rings (SSSR count). The van der Waals surface area contributed by atoms with Gasteiger partial charge in [-0.05, 0) is 50.7 Å². The van der Waals surface area contributed by atoms with Crippen LogP contribution in [-0.2, 0) is 19.2 Å². The molecule has 0 bridgehead atoms. The summed E-state index contributed by atoms with van der Waals surface area (Å²) >= 11 is 6.19. The third-order valence-corrected chi connectivity index (χ3v) is 7.29. The van der Waals surface area contributed by atoms with Crippen molar-refractivity contribution in [3.8, 4) is 0 Å². The first kappa shape index (κ1) is 19.2. The Kier molecular flexibility index (Phi) is 6.31. The highest BCUT2D eigenvalue weighted by Crippen LogP contribution is 2.38. The van der Waals surface area contributed by atoms with E-state index in [0.717, 1.165) is 0 Å². The number of hydrogen-bond acceptors (Lipinski definition) is 4. The third-order valence-electron chi connectivity index (χ3n) is 4.61. The largest absolute Gasteiger partial charge is 0.466 e. The second kappa shape index (κ2) is 7.87. The fourth-order valence-electron chi connectivity index (χ4n) is 3.17. The molecular formula is C17H25ClN2O3S. The molecule has 0 saturated carbocycles. The van der Waals surface area contributed by atoms with Gasteiger partial charge in [-0.3, -0.25) is 4.79 Å². The highest BCUT2D eigenvalue weighted by Gasteiger charge is 2.43. The van der Waals surface area contributed by atoms with E-state index < -0.39 is 15.1 Å². The van der Waals surface area contributed by atoms with Crippen LogP contribution in [0.25, 0.3) is 0 Å². The van der Waals surface area contributed by atoms with Crippen molar-refractivity contribution >= 4 is 33.1 Å². The SMILES string of the molecule is C=S(=O)(c1ccccc1Cl)N1CCC(CCN)(C(=O)OCC)CC1. The lowest BCUT2D eigenvalue weighted by Gasteiger charge is -2.40. The van der Waals surface area contributed by atoms with E-state index in [2.05, 4.69) is 5.87 Å². The van der Waals surface area contributed by atoms with E-state index >= 15 is 0 Å². The highest BCUT2D eigenvalue weighted by molar-refractivity contribution is 7.98. The molecule has 1 aliphatic rings. The second-order valence-electron chi connectivity index (χ2n) is 6.04. The lowest BCUT2D eigenvalue weighted by molar-refractivity contribution is -0.158. The maximum atomic E-state index is 13.2. The van der Waals surface area contributed by atoms with Crippen molar-refractivity contribution in [2.45, 2.75) is 31.1 Å². The van der Waals surface area contributed by atoms with E-state index in [-0.39, 0.29) is 5.97 Å². The van der Waals surface area contributed by atoms with Gasteiger partial charge in [0, 0.05) is 13.1 Å². The van der Waals surface area contributed by atoms with E-state index in [1.54, 1.807) is 31.2 Å². The zero-order valence-corrected chi connectivity index (χ0v) is 15.6. The molecule has 1 heterocycles. The summed E-state index contributed by atoms with van der Waals surface area (Å²) in [5, 5.41) is 0.446. The minimum absolute atomic E-state index is 0.205. The zero-order valence-electron chi connectivity index (χ0n) is 14.0. The monoisotopic (exact) mass is 372 g/mol. The number of carbonyl (C=O) groups is 1. The van der Waals surface area contributed by atoms with Gasteiger partial charge in [0.05, 0.1) is 31.6 Å². The Bertz CT molecular complexity index is 683. The van der Waals surface area contributed by atoms with E-state index in [1.807, 2.05) is 4.31 Å². The molecule has 1 atom stereocenters. The average molecular weight is 373 g/mol. The molecule has 24 heavy (non-hydrogen) atoms. The van der Waals surface area contributed by atoms with Gasteiger partial charge in [-0.2, -0.15) is 0 Å². The molecule has 0 aromatic heterocycles. The number of nitrogens with zero attached hydrogens (tertiary/aromatic N) is 1. The maximum absolute atomic E-state index is 13.2. The topological polar surface area (TPSA) is 72.6 Å². The lowest BCUT2D eigenvalue weighted by atomic mass is 9.76. The quantitative estimate of drug-likeness (QED) is 0.614. The summed E-state index contributed by atoms with van der Waals surface area (Å²) in [7, 11) is -2.68. The Morgan fingerprint density at radius 3 is 2.58 bits per heavy atom. The molecule has 2 N–H and O–H groups in total. The van der Waals surface area contributed by atoms with Crippen molar-refractivity contribution in [2.75, 3.05) is 26.2 Å². The third kappa shape index (κ3) is 3.77. The van der Waals surface area contributed by atoms with Crippen LogP contribution in [0.15, 0.2) is 29.2 Å². The van der Waals surface area contributed by atoms with E-state index in [1.165, 1.54) is 0 Å². The molecule has 1 aromatic carbocycles. The average Bonchev–Trinajstić information content (AvgIpc) is 2.56. The molecule has 0 aliphatic carbocycles. The Labute approximate surface area is 149 Å². The number of nitrogens with two attached hydrogens (primary N) is 1. The van der Waals surface area contributed by atoms with Crippen LogP contribution in [0.4, 0.5) is 0 Å². The van der Waals surface area contributed by atoms with Gasteiger partial charge in [0.25, 0.3) is 0 Å². The smallest absolute Gasteiger partial charge is 0.312 e. The normalized spacial score (nSPS) is 20.3. The predicted octanol–water partition coefficient (Wildman–Crippen LogP) is 2.32. The van der Waals surface area contributed by atoms with E-state index in [0.29, 0.717) is 55.4 Å². The standard InChI is InChI=1S/C17H25ClN2O3S/c1-3-23-16(21)17(8-11-19)9-12-20(13-10-17)24(2,22)15-7-5-4-6-14(15)18/h4-7H,2-3,8-13,19H2,1H3. The molecule has 5 nitrogen and oxygen atoms in total. The minimum atomic E-state index is -2.68. The summed E-state index contributed by atoms with van der Waals surface area (Å²) in [5.41, 5.74) is 5.12. The molecule has 0 amide bonds. The highest BCUT2D eigenvalue weighted by atomic mass is 35.5. The number of esters is 1. The number of rotatable bonds is 6. The van der Waals surface area contributed by atoms with Crippen molar-refractivity contribution in [1.82, 2.24) is 4.31 Å². The van der Waals surface area contributed by atoms with Gasteiger partial charge in [-0.1, -0.05) is 23.7 Å². The van der Waals surface area contributed by atoms with Crippen molar-refractivity contribution in [1.29, 1.82) is 0 Å². The maximum Gasteiger partial charge on any atom is 0.312 e. The second-order valence-corrected chi connectivity index (χ2v) is 8.68. The first-order chi connectivity index (χ1) is 11.4. The van der Waals surface area contributed by atoms with Gasteiger partial charge in [-0.15, -0.1) is 0 Å². The fraction of sp³-hybridized carbons (Fsp3) is 0.529. The first-order valence-corrected chi connectivity index (χ1v) is 10.2. The number of ether oxygens (including phenoxy) is 1. The molecule has 7 heteroatoms. The number of benzene rings is 1. The summed E-state index contributed by atoms with van der Waals surface area (Å²) in [6.45, 7) is 3.55.